The fourth-order valence-corrected chi connectivity index (χ4v) is 4.29. The van der Waals surface area contributed by atoms with E-state index in [4.69, 9.17) is 0 Å². The third kappa shape index (κ3) is 4.36. The fourth-order valence-electron chi connectivity index (χ4n) is 3.39. The van der Waals surface area contributed by atoms with Crippen molar-refractivity contribution in [1.82, 2.24) is 4.98 Å². The van der Waals surface area contributed by atoms with Crippen LogP contribution < -0.4 is 5.32 Å². The van der Waals surface area contributed by atoms with Gasteiger partial charge >= 0.3 is 6.18 Å². The van der Waals surface area contributed by atoms with Gasteiger partial charge in [0.25, 0.3) is 0 Å². The van der Waals surface area contributed by atoms with Gasteiger partial charge in [-0.2, -0.15) is 13.2 Å². The molecule has 7 heteroatoms. The number of thiazole rings is 1. The van der Waals surface area contributed by atoms with E-state index in [1.165, 1.54) is 6.07 Å². The first kappa shape index (κ1) is 20.1. The zero-order valence-corrected chi connectivity index (χ0v) is 16.5. The number of carbonyl (C=O) groups is 1. The molecule has 30 heavy (non-hydrogen) atoms. The fraction of sp³-hybridized carbons (Fsp3) is 0.130. The smallest absolute Gasteiger partial charge is 0.302 e. The van der Waals surface area contributed by atoms with Crippen LogP contribution in [0.3, 0.4) is 0 Å². The molecular formula is C23H17F3N2OS. The normalized spacial score (nSPS) is 11.7. The van der Waals surface area contributed by atoms with Crippen molar-refractivity contribution in [2.45, 2.75) is 18.5 Å². The van der Waals surface area contributed by atoms with Crippen LogP contribution in [0, 0.1) is 0 Å². The van der Waals surface area contributed by atoms with Crippen molar-refractivity contribution in [2.24, 2.45) is 0 Å². The van der Waals surface area contributed by atoms with E-state index in [-0.39, 0.29) is 28.9 Å². The van der Waals surface area contributed by atoms with Crippen LogP contribution in [-0.4, -0.2) is 10.9 Å². The Bertz CT molecular complexity index is 1120. The summed E-state index contributed by atoms with van der Waals surface area (Å²) in [4.78, 5) is 16.8. The summed E-state index contributed by atoms with van der Waals surface area (Å²) in [7, 11) is 0. The summed E-state index contributed by atoms with van der Waals surface area (Å²) < 4.78 is 40.0. The molecule has 3 aromatic carbocycles. The lowest BCUT2D eigenvalue weighted by Crippen LogP contribution is -2.16. The Morgan fingerprint density at radius 3 is 2.07 bits per heavy atom. The third-order valence-electron chi connectivity index (χ3n) is 4.76. The van der Waals surface area contributed by atoms with E-state index in [0.29, 0.717) is 4.70 Å². The largest absolute Gasteiger partial charge is 0.418 e. The predicted octanol–water partition coefficient (Wildman–Crippen LogP) is 6.48. The Balaban J connectivity index is 1.59. The van der Waals surface area contributed by atoms with Crippen LogP contribution in [0.2, 0.25) is 0 Å². The Morgan fingerprint density at radius 1 is 0.900 bits per heavy atom. The Morgan fingerprint density at radius 2 is 1.50 bits per heavy atom. The quantitative estimate of drug-likeness (QED) is 0.397. The van der Waals surface area contributed by atoms with Gasteiger partial charge in [0.15, 0.2) is 5.13 Å². The number of hydrogen-bond acceptors (Lipinski definition) is 3. The van der Waals surface area contributed by atoms with Gasteiger partial charge in [-0.3, -0.25) is 4.79 Å². The van der Waals surface area contributed by atoms with Crippen LogP contribution in [-0.2, 0) is 11.0 Å². The minimum absolute atomic E-state index is 0.145. The van der Waals surface area contributed by atoms with Gasteiger partial charge in [-0.25, -0.2) is 4.98 Å². The van der Waals surface area contributed by atoms with Gasteiger partial charge in [-0.1, -0.05) is 78.1 Å². The first-order chi connectivity index (χ1) is 14.4. The second-order valence-corrected chi connectivity index (χ2v) is 7.83. The average Bonchev–Trinajstić information content (AvgIpc) is 3.14. The molecule has 1 heterocycles. The van der Waals surface area contributed by atoms with E-state index < -0.39 is 11.7 Å². The number of nitrogens with zero attached hydrogens (tertiary/aromatic N) is 1. The maximum absolute atomic E-state index is 13.2. The van der Waals surface area contributed by atoms with Crippen molar-refractivity contribution in [1.29, 1.82) is 0 Å². The SMILES string of the molecule is O=C(CC(c1ccccc1)c1ccccc1)Nc1nc2c(C(F)(F)F)cccc2s1. The maximum atomic E-state index is 13.2. The van der Waals surface area contributed by atoms with Gasteiger partial charge < -0.3 is 5.32 Å². The molecule has 0 bridgehead atoms. The van der Waals surface area contributed by atoms with Crippen molar-refractivity contribution in [3.05, 3.63) is 95.6 Å². The van der Waals surface area contributed by atoms with Crippen molar-refractivity contribution in [2.75, 3.05) is 5.32 Å². The molecular weight excluding hydrogens is 409 g/mol. The molecule has 0 unspecified atom stereocenters. The van der Waals surface area contributed by atoms with Crippen molar-refractivity contribution in [3.8, 4) is 0 Å². The number of nitrogens with one attached hydrogen (secondary N) is 1. The summed E-state index contributed by atoms with van der Waals surface area (Å²) in [5.74, 6) is -0.479. The number of amides is 1. The number of aromatic nitrogens is 1. The number of benzene rings is 3. The van der Waals surface area contributed by atoms with E-state index in [0.717, 1.165) is 28.5 Å². The van der Waals surface area contributed by atoms with Crippen LogP contribution in [0.5, 0.6) is 0 Å². The van der Waals surface area contributed by atoms with Crippen LogP contribution in [0.15, 0.2) is 78.9 Å². The molecule has 1 N–H and O–H groups in total. The highest BCUT2D eigenvalue weighted by Gasteiger charge is 2.33. The standard InChI is InChI=1S/C23H17F3N2OS/c24-23(25,26)18-12-7-13-19-21(18)28-22(30-19)27-20(29)14-17(15-8-3-1-4-9-15)16-10-5-2-6-11-16/h1-13,17H,14H2,(H,27,28,29). The van der Waals surface area contributed by atoms with E-state index in [1.807, 2.05) is 60.7 Å². The molecule has 0 fully saturated rings. The van der Waals surface area contributed by atoms with Gasteiger partial charge in [0.1, 0.15) is 0 Å². The summed E-state index contributed by atoms with van der Waals surface area (Å²) in [6.07, 6.45) is -4.35. The maximum Gasteiger partial charge on any atom is 0.418 e. The Labute approximate surface area is 175 Å². The van der Waals surface area contributed by atoms with Gasteiger partial charge in [0.05, 0.1) is 15.8 Å². The van der Waals surface area contributed by atoms with Gasteiger partial charge in [-0.05, 0) is 23.3 Å². The highest BCUT2D eigenvalue weighted by atomic mass is 32.1. The van der Waals surface area contributed by atoms with Crippen LogP contribution in [0.1, 0.15) is 29.0 Å². The highest BCUT2D eigenvalue weighted by molar-refractivity contribution is 7.22. The minimum Gasteiger partial charge on any atom is -0.302 e. The third-order valence-corrected chi connectivity index (χ3v) is 5.70. The lowest BCUT2D eigenvalue weighted by molar-refractivity contribution is -0.136. The molecule has 0 spiro atoms. The number of carbonyl (C=O) groups excluding carboxylic acids is 1. The molecule has 0 saturated heterocycles. The zero-order valence-electron chi connectivity index (χ0n) is 15.7. The number of fused-ring (bicyclic) bond motifs is 1. The number of para-hydroxylation sites is 1. The van der Waals surface area contributed by atoms with Crippen LogP contribution in [0.25, 0.3) is 10.2 Å². The van der Waals surface area contributed by atoms with E-state index in [9.17, 15) is 18.0 Å². The van der Waals surface area contributed by atoms with E-state index in [1.54, 1.807) is 6.07 Å². The number of halogens is 3. The van der Waals surface area contributed by atoms with Crippen LogP contribution >= 0.6 is 11.3 Å². The molecule has 1 amide bonds. The lowest BCUT2D eigenvalue weighted by atomic mass is 9.88. The first-order valence-electron chi connectivity index (χ1n) is 9.28. The molecule has 4 rings (SSSR count). The molecule has 0 radical (unpaired) electrons. The van der Waals surface area contributed by atoms with Crippen molar-refractivity contribution in [3.63, 3.8) is 0 Å². The number of hydrogen-bond donors (Lipinski definition) is 1. The molecule has 0 aliphatic carbocycles. The van der Waals surface area contributed by atoms with E-state index in [2.05, 4.69) is 10.3 Å². The number of rotatable bonds is 5. The molecule has 4 aromatic rings. The molecule has 0 aliphatic rings. The van der Waals surface area contributed by atoms with Crippen molar-refractivity contribution >= 4 is 32.6 Å². The zero-order chi connectivity index (χ0) is 21.1. The summed E-state index contributed by atoms with van der Waals surface area (Å²) in [5.41, 5.74) is 1.03. The van der Waals surface area contributed by atoms with Crippen molar-refractivity contribution < 1.29 is 18.0 Å². The molecule has 1 aromatic heterocycles. The topological polar surface area (TPSA) is 42.0 Å². The molecule has 152 valence electrons. The second kappa shape index (κ2) is 8.28. The van der Waals surface area contributed by atoms with Gasteiger partial charge in [0, 0.05) is 12.3 Å². The minimum atomic E-state index is -4.50. The molecule has 3 nitrogen and oxygen atoms in total. The Kier molecular flexibility index (Phi) is 5.55. The second-order valence-electron chi connectivity index (χ2n) is 6.80. The summed E-state index contributed by atoms with van der Waals surface area (Å²) in [6, 6.07) is 23.2. The average molecular weight is 426 g/mol. The number of alkyl halides is 3. The van der Waals surface area contributed by atoms with Crippen LogP contribution in [0.4, 0.5) is 18.3 Å². The Hall–Kier alpha value is -3.19. The first-order valence-corrected chi connectivity index (χ1v) is 10.1. The molecule has 0 saturated carbocycles. The summed E-state index contributed by atoms with van der Waals surface area (Å²) >= 11 is 1.03. The summed E-state index contributed by atoms with van der Waals surface area (Å²) in [5, 5.41) is 2.84. The monoisotopic (exact) mass is 426 g/mol. The van der Waals surface area contributed by atoms with Gasteiger partial charge in [-0.15, -0.1) is 0 Å². The molecule has 0 atom stereocenters. The van der Waals surface area contributed by atoms with E-state index >= 15 is 0 Å². The highest BCUT2D eigenvalue weighted by Crippen LogP contribution is 2.37. The predicted molar refractivity (Wildman–Crippen MR) is 113 cm³/mol. The number of anilines is 1. The van der Waals surface area contributed by atoms with Gasteiger partial charge in [0.2, 0.25) is 5.91 Å². The summed E-state index contributed by atoms with van der Waals surface area (Å²) in [6.45, 7) is 0. The lowest BCUT2D eigenvalue weighted by Gasteiger charge is -2.17. The molecule has 0 aliphatic heterocycles.